The van der Waals surface area contributed by atoms with Crippen LogP contribution in [-0.2, 0) is 0 Å². The number of rotatable bonds is 11. The molecule has 0 fully saturated rings. The summed E-state index contributed by atoms with van der Waals surface area (Å²) >= 11 is 0. The van der Waals surface area contributed by atoms with Crippen LogP contribution in [0.4, 0.5) is 0 Å². The molecule has 0 amide bonds. The van der Waals surface area contributed by atoms with Crippen molar-refractivity contribution in [2.45, 2.75) is 85.5 Å². The molecule has 118 valence electrons. The molecule has 0 aromatic carbocycles. The van der Waals surface area contributed by atoms with Gasteiger partial charge in [-0.05, 0) is 30.6 Å². The van der Waals surface area contributed by atoms with Crippen LogP contribution in [0.5, 0.6) is 0 Å². The largest absolute Gasteiger partial charge is 0.384 e. The second kappa shape index (κ2) is 13.5. The van der Waals surface area contributed by atoms with E-state index in [1.54, 1.807) is 0 Å². The maximum Gasteiger partial charge on any atom is 0.104 e. The first-order valence-electron chi connectivity index (χ1n) is 8.62. The van der Waals surface area contributed by atoms with Crippen molar-refractivity contribution in [2.75, 3.05) is 6.61 Å². The van der Waals surface area contributed by atoms with Gasteiger partial charge in [-0.1, -0.05) is 72.1 Å². The van der Waals surface area contributed by atoms with Crippen molar-refractivity contribution in [2.24, 2.45) is 17.8 Å². The molecule has 0 aromatic rings. The van der Waals surface area contributed by atoms with Crippen LogP contribution in [0.1, 0.15) is 85.5 Å². The lowest BCUT2D eigenvalue weighted by atomic mass is 9.92. The minimum absolute atomic E-state index is 0.00422. The van der Waals surface area contributed by atoms with E-state index in [-0.39, 0.29) is 6.61 Å². The van der Waals surface area contributed by atoms with Crippen LogP contribution in [0.25, 0.3) is 0 Å². The van der Waals surface area contributed by atoms with Crippen LogP contribution in [0.15, 0.2) is 0 Å². The molecule has 0 unspecified atom stereocenters. The molecule has 0 saturated heterocycles. The lowest BCUT2D eigenvalue weighted by Gasteiger charge is -2.14. The third kappa shape index (κ3) is 13.9. The molecular weight excluding hydrogens is 244 g/mol. The second-order valence-electron chi connectivity index (χ2n) is 6.87. The van der Waals surface area contributed by atoms with Crippen molar-refractivity contribution in [1.29, 1.82) is 0 Å². The minimum Gasteiger partial charge on any atom is -0.384 e. The molecule has 0 bridgehead atoms. The lowest BCUT2D eigenvalue weighted by Crippen LogP contribution is -2.00. The zero-order valence-corrected chi connectivity index (χ0v) is 14.3. The molecule has 0 spiro atoms. The highest BCUT2D eigenvalue weighted by Crippen LogP contribution is 2.21. The SMILES string of the molecule is CC(C)CCC[C@@H](C)CCC[C@@H](C)CCCC#CCO. The van der Waals surface area contributed by atoms with Gasteiger partial charge in [0.15, 0.2) is 0 Å². The average molecular weight is 280 g/mol. The Balaban J connectivity index is 3.43. The van der Waals surface area contributed by atoms with Crippen LogP contribution in [0, 0.1) is 29.6 Å². The molecule has 20 heavy (non-hydrogen) atoms. The van der Waals surface area contributed by atoms with E-state index in [4.69, 9.17) is 5.11 Å². The van der Waals surface area contributed by atoms with E-state index in [0.717, 1.165) is 24.2 Å². The Bertz CT molecular complexity index is 259. The Morgan fingerprint density at radius 3 is 1.70 bits per heavy atom. The molecule has 0 radical (unpaired) electrons. The van der Waals surface area contributed by atoms with Gasteiger partial charge in [0.2, 0.25) is 0 Å². The number of aliphatic hydroxyl groups is 1. The average Bonchev–Trinajstić information content (AvgIpc) is 2.38. The van der Waals surface area contributed by atoms with Gasteiger partial charge in [-0.3, -0.25) is 0 Å². The Morgan fingerprint density at radius 2 is 1.20 bits per heavy atom. The van der Waals surface area contributed by atoms with E-state index in [1.807, 2.05) is 0 Å². The summed E-state index contributed by atoms with van der Waals surface area (Å²) in [5.41, 5.74) is 0. The van der Waals surface area contributed by atoms with Gasteiger partial charge >= 0.3 is 0 Å². The number of hydrogen-bond donors (Lipinski definition) is 1. The molecule has 0 saturated carbocycles. The Morgan fingerprint density at radius 1 is 0.700 bits per heavy atom. The smallest absolute Gasteiger partial charge is 0.104 e. The topological polar surface area (TPSA) is 20.2 Å². The van der Waals surface area contributed by atoms with Gasteiger partial charge in [0, 0.05) is 6.42 Å². The molecule has 0 aliphatic carbocycles. The van der Waals surface area contributed by atoms with Gasteiger partial charge in [-0.25, -0.2) is 0 Å². The predicted molar refractivity (Wildman–Crippen MR) is 89.6 cm³/mol. The third-order valence-corrected chi connectivity index (χ3v) is 4.08. The van der Waals surface area contributed by atoms with Crippen LogP contribution in [0.3, 0.4) is 0 Å². The van der Waals surface area contributed by atoms with E-state index >= 15 is 0 Å². The van der Waals surface area contributed by atoms with Crippen LogP contribution in [-0.4, -0.2) is 11.7 Å². The van der Waals surface area contributed by atoms with Gasteiger partial charge in [0.25, 0.3) is 0 Å². The molecule has 1 heteroatoms. The number of unbranched alkanes of at least 4 members (excludes halogenated alkanes) is 1. The van der Waals surface area contributed by atoms with Crippen LogP contribution < -0.4 is 0 Å². The minimum atomic E-state index is 0.00422. The third-order valence-electron chi connectivity index (χ3n) is 4.08. The lowest BCUT2D eigenvalue weighted by molar-refractivity contribution is 0.350. The highest BCUT2D eigenvalue weighted by molar-refractivity contribution is 4.98. The summed E-state index contributed by atoms with van der Waals surface area (Å²) in [5.74, 6) is 8.29. The summed E-state index contributed by atoms with van der Waals surface area (Å²) in [5, 5.41) is 8.56. The zero-order valence-electron chi connectivity index (χ0n) is 14.3. The highest BCUT2D eigenvalue weighted by Gasteiger charge is 2.06. The maximum absolute atomic E-state index is 8.56. The van der Waals surface area contributed by atoms with Crippen molar-refractivity contribution in [3.8, 4) is 11.8 Å². The molecule has 2 atom stereocenters. The maximum atomic E-state index is 8.56. The van der Waals surface area contributed by atoms with Gasteiger partial charge in [0.1, 0.15) is 6.61 Å². The molecule has 1 N–H and O–H groups in total. The quantitative estimate of drug-likeness (QED) is 0.396. The summed E-state index contributed by atoms with van der Waals surface area (Å²) in [6.45, 7) is 9.41. The first-order chi connectivity index (χ1) is 9.56. The van der Waals surface area contributed by atoms with Crippen molar-refractivity contribution < 1.29 is 5.11 Å². The Labute approximate surface area is 127 Å². The first kappa shape index (κ1) is 19.5. The fraction of sp³-hybridized carbons (Fsp3) is 0.895. The predicted octanol–water partition coefficient (Wildman–Crippen LogP) is 5.42. The Hall–Kier alpha value is -0.480. The number of hydrogen-bond acceptors (Lipinski definition) is 1. The standard InChI is InChI=1S/C19H36O/c1-17(2)11-9-13-19(4)15-10-14-18(3)12-7-5-6-8-16-20/h17-20H,5,7,9-16H2,1-4H3/t18-,19+/m0/s1. The van der Waals surface area contributed by atoms with Crippen LogP contribution >= 0.6 is 0 Å². The summed E-state index contributed by atoms with van der Waals surface area (Å²) in [6, 6.07) is 0. The number of aliphatic hydroxyl groups excluding tert-OH is 1. The van der Waals surface area contributed by atoms with Gasteiger partial charge in [-0.15, -0.1) is 5.92 Å². The Kier molecular flexibility index (Phi) is 13.2. The van der Waals surface area contributed by atoms with E-state index in [1.165, 1.54) is 51.4 Å². The normalized spacial score (nSPS) is 13.9. The fourth-order valence-corrected chi connectivity index (χ4v) is 2.66. The fourth-order valence-electron chi connectivity index (χ4n) is 2.66. The molecule has 0 heterocycles. The summed E-state index contributed by atoms with van der Waals surface area (Å²) in [7, 11) is 0. The van der Waals surface area contributed by atoms with Crippen molar-refractivity contribution in [1.82, 2.24) is 0 Å². The van der Waals surface area contributed by atoms with E-state index < -0.39 is 0 Å². The van der Waals surface area contributed by atoms with Crippen molar-refractivity contribution in [3.63, 3.8) is 0 Å². The van der Waals surface area contributed by atoms with Crippen LogP contribution in [0.2, 0.25) is 0 Å². The molecule has 1 nitrogen and oxygen atoms in total. The summed E-state index contributed by atoms with van der Waals surface area (Å²) in [4.78, 5) is 0. The molecule has 0 aliphatic rings. The molecule has 0 rings (SSSR count). The summed E-state index contributed by atoms with van der Waals surface area (Å²) in [6.07, 6.45) is 11.7. The van der Waals surface area contributed by atoms with Gasteiger partial charge < -0.3 is 5.11 Å². The van der Waals surface area contributed by atoms with Crippen molar-refractivity contribution in [3.05, 3.63) is 0 Å². The van der Waals surface area contributed by atoms with E-state index in [2.05, 4.69) is 39.5 Å². The first-order valence-corrected chi connectivity index (χ1v) is 8.62. The second-order valence-corrected chi connectivity index (χ2v) is 6.87. The summed E-state index contributed by atoms with van der Waals surface area (Å²) < 4.78 is 0. The molecular formula is C19H36O. The monoisotopic (exact) mass is 280 g/mol. The molecule has 0 aliphatic heterocycles. The molecule has 0 aromatic heterocycles. The van der Waals surface area contributed by atoms with Gasteiger partial charge in [0.05, 0.1) is 0 Å². The zero-order chi connectivity index (χ0) is 15.2. The van der Waals surface area contributed by atoms with Crippen molar-refractivity contribution >= 4 is 0 Å². The van der Waals surface area contributed by atoms with E-state index in [0.29, 0.717) is 0 Å². The van der Waals surface area contributed by atoms with Gasteiger partial charge in [-0.2, -0.15) is 0 Å². The van der Waals surface area contributed by atoms with E-state index in [9.17, 15) is 0 Å². The highest BCUT2D eigenvalue weighted by atomic mass is 16.2.